The van der Waals surface area contributed by atoms with Crippen molar-refractivity contribution in [1.29, 1.82) is 0 Å². The Morgan fingerprint density at radius 1 is 1.07 bits per heavy atom. The Morgan fingerprint density at radius 3 is 2.53 bits per heavy atom. The monoisotopic (exact) mass is 406 g/mol. The first-order valence-electron chi connectivity index (χ1n) is 11.1. The largest absolute Gasteiger partial charge is 0.375 e. The second-order valence-electron chi connectivity index (χ2n) is 9.06. The van der Waals surface area contributed by atoms with Gasteiger partial charge in [0.25, 0.3) is 5.91 Å². The van der Waals surface area contributed by atoms with Crippen LogP contribution in [0.3, 0.4) is 0 Å². The predicted octanol–water partition coefficient (Wildman–Crippen LogP) is 3.45. The molecule has 1 aliphatic carbocycles. The fraction of sp³-hybridized carbons (Fsp3) is 0.500. The Kier molecular flexibility index (Phi) is 4.89. The quantitative estimate of drug-likeness (QED) is 0.842. The molecule has 2 saturated heterocycles. The van der Waals surface area contributed by atoms with E-state index in [1.807, 2.05) is 24.3 Å². The fourth-order valence-corrected chi connectivity index (χ4v) is 4.95. The molecule has 6 heteroatoms. The molecule has 2 aromatic rings. The zero-order valence-corrected chi connectivity index (χ0v) is 17.6. The van der Waals surface area contributed by atoms with Gasteiger partial charge < -0.3 is 20.3 Å². The summed E-state index contributed by atoms with van der Waals surface area (Å²) >= 11 is 0. The summed E-state index contributed by atoms with van der Waals surface area (Å²) in [6, 6.07) is 12.0. The zero-order chi connectivity index (χ0) is 20.7. The molecule has 1 saturated carbocycles. The molecule has 6 nitrogen and oxygen atoms in total. The molecule has 1 aromatic heterocycles. The number of morpholine rings is 1. The molecule has 3 aliphatic rings. The van der Waals surface area contributed by atoms with Crippen LogP contribution < -0.4 is 15.5 Å². The van der Waals surface area contributed by atoms with E-state index < -0.39 is 0 Å². The Bertz CT molecular complexity index is 946. The number of anilines is 2. The van der Waals surface area contributed by atoms with E-state index in [-0.39, 0.29) is 12.0 Å². The smallest absolute Gasteiger partial charge is 0.250 e. The molecule has 30 heavy (non-hydrogen) atoms. The number of nitrogens with zero attached hydrogens (tertiary/aromatic N) is 3. The van der Waals surface area contributed by atoms with Gasteiger partial charge in [0.1, 0.15) is 5.82 Å². The third-order valence-corrected chi connectivity index (χ3v) is 6.97. The number of hydrogen-bond donors (Lipinski definition) is 1. The second-order valence-corrected chi connectivity index (χ2v) is 9.06. The Hall–Kier alpha value is -2.60. The van der Waals surface area contributed by atoms with E-state index in [0.717, 1.165) is 48.9 Å². The van der Waals surface area contributed by atoms with Gasteiger partial charge in [-0.3, -0.25) is 4.79 Å². The molecule has 1 aromatic carbocycles. The molecule has 1 atom stereocenters. The highest BCUT2D eigenvalue weighted by Gasteiger charge is 2.45. The van der Waals surface area contributed by atoms with Gasteiger partial charge in [-0.25, -0.2) is 4.98 Å². The van der Waals surface area contributed by atoms with Gasteiger partial charge >= 0.3 is 0 Å². The molecule has 1 amide bonds. The van der Waals surface area contributed by atoms with Crippen molar-refractivity contribution in [1.82, 2.24) is 4.98 Å². The molecule has 2 N–H and O–H groups in total. The maximum absolute atomic E-state index is 12.3. The van der Waals surface area contributed by atoms with Gasteiger partial charge in [-0.05, 0) is 56.2 Å². The maximum atomic E-state index is 12.3. The van der Waals surface area contributed by atoms with Gasteiger partial charge in [-0.1, -0.05) is 18.2 Å². The lowest BCUT2D eigenvalue weighted by atomic mass is 9.92. The first kappa shape index (κ1) is 19.4. The number of amides is 1. The van der Waals surface area contributed by atoms with Crippen molar-refractivity contribution in [2.24, 2.45) is 11.1 Å². The molecular weight excluding hydrogens is 376 g/mol. The standard InChI is InChI=1S/C24H30N4O2/c1-17-16-28(14-15-30-17)21-7-3-6-20(26-21)18-4-2-5-19(23(25)29)22(18)27-12-10-24(8-9-24)11-13-27/h2-7,17H,8-16H2,1H3,(H2,25,29)/t17-/m1/s1. The average Bonchev–Trinajstić information content (AvgIpc) is 3.52. The minimum absolute atomic E-state index is 0.195. The van der Waals surface area contributed by atoms with Crippen LogP contribution in [-0.2, 0) is 4.74 Å². The molecule has 0 radical (unpaired) electrons. The number of aromatic nitrogens is 1. The van der Waals surface area contributed by atoms with Gasteiger partial charge in [-0.2, -0.15) is 0 Å². The van der Waals surface area contributed by atoms with Crippen molar-refractivity contribution < 1.29 is 9.53 Å². The van der Waals surface area contributed by atoms with Crippen LogP contribution in [0.25, 0.3) is 11.3 Å². The van der Waals surface area contributed by atoms with Crippen LogP contribution in [-0.4, -0.2) is 49.8 Å². The van der Waals surface area contributed by atoms with Crippen molar-refractivity contribution in [3.63, 3.8) is 0 Å². The summed E-state index contributed by atoms with van der Waals surface area (Å²) in [6.07, 6.45) is 5.29. The highest BCUT2D eigenvalue weighted by Crippen LogP contribution is 2.54. The van der Waals surface area contributed by atoms with Crippen LogP contribution >= 0.6 is 0 Å². The van der Waals surface area contributed by atoms with Gasteiger partial charge in [0.15, 0.2) is 0 Å². The predicted molar refractivity (Wildman–Crippen MR) is 119 cm³/mol. The van der Waals surface area contributed by atoms with Crippen molar-refractivity contribution in [2.45, 2.75) is 38.7 Å². The highest BCUT2D eigenvalue weighted by atomic mass is 16.5. The van der Waals surface area contributed by atoms with E-state index in [2.05, 4.69) is 28.9 Å². The summed E-state index contributed by atoms with van der Waals surface area (Å²) < 4.78 is 5.68. The van der Waals surface area contributed by atoms with E-state index in [0.29, 0.717) is 17.6 Å². The average molecular weight is 407 g/mol. The Balaban J connectivity index is 1.52. The molecule has 158 valence electrons. The van der Waals surface area contributed by atoms with Crippen LogP contribution in [0, 0.1) is 5.41 Å². The lowest BCUT2D eigenvalue weighted by Crippen LogP contribution is -2.41. The Labute approximate surface area is 178 Å². The molecule has 5 rings (SSSR count). The molecule has 3 heterocycles. The number of nitrogens with two attached hydrogens (primary N) is 1. The van der Waals surface area contributed by atoms with E-state index in [9.17, 15) is 4.79 Å². The summed E-state index contributed by atoms with van der Waals surface area (Å²) in [5, 5.41) is 0. The van der Waals surface area contributed by atoms with Crippen LogP contribution in [0.1, 0.15) is 43.0 Å². The summed E-state index contributed by atoms with van der Waals surface area (Å²) in [6.45, 7) is 6.41. The summed E-state index contributed by atoms with van der Waals surface area (Å²) in [4.78, 5) is 21.9. The third-order valence-electron chi connectivity index (χ3n) is 6.97. The molecule has 3 fully saturated rings. The van der Waals surface area contributed by atoms with Gasteiger partial charge in [0.2, 0.25) is 0 Å². The zero-order valence-electron chi connectivity index (χ0n) is 17.6. The van der Waals surface area contributed by atoms with Gasteiger partial charge in [0, 0.05) is 31.7 Å². The van der Waals surface area contributed by atoms with Crippen molar-refractivity contribution in [3.8, 4) is 11.3 Å². The first-order chi connectivity index (χ1) is 14.5. The number of para-hydroxylation sites is 1. The fourth-order valence-electron chi connectivity index (χ4n) is 4.95. The normalized spacial score (nSPS) is 22.9. The minimum Gasteiger partial charge on any atom is -0.375 e. The first-order valence-corrected chi connectivity index (χ1v) is 11.1. The van der Waals surface area contributed by atoms with Crippen LogP contribution in [0.2, 0.25) is 0 Å². The number of carbonyl (C=O) groups excluding carboxylic acids is 1. The summed E-state index contributed by atoms with van der Waals surface area (Å²) in [7, 11) is 0. The number of pyridine rings is 1. The number of piperidine rings is 1. The number of carbonyl (C=O) groups is 1. The number of rotatable bonds is 4. The Morgan fingerprint density at radius 2 is 1.83 bits per heavy atom. The van der Waals surface area contributed by atoms with Crippen molar-refractivity contribution >= 4 is 17.4 Å². The van der Waals surface area contributed by atoms with Crippen LogP contribution in [0.5, 0.6) is 0 Å². The molecular formula is C24H30N4O2. The SMILES string of the molecule is C[C@@H]1CN(c2cccc(-c3cccc(C(N)=O)c3N3CCC4(CC3)CC4)n2)CCO1. The molecule has 0 bridgehead atoms. The van der Waals surface area contributed by atoms with Crippen LogP contribution in [0.4, 0.5) is 11.5 Å². The lowest BCUT2D eigenvalue weighted by Gasteiger charge is -2.36. The second kappa shape index (κ2) is 7.58. The maximum Gasteiger partial charge on any atom is 0.250 e. The van der Waals surface area contributed by atoms with Crippen molar-refractivity contribution in [3.05, 3.63) is 42.0 Å². The van der Waals surface area contributed by atoms with Gasteiger partial charge in [-0.15, -0.1) is 0 Å². The van der Waals surface area contributed by atoms with E-state index in [1.54, 1.807) is 0 Å². The number of ether oxygens (including phenoxy) is 1. The van der Waals surface area contributed by atoms with Crippen LogP contribution in [0.15, 0.2) is 36.4 Å². The third kappa shape index (κ3) is 3.65. The van der Waals surface area contributed by atoms with Crippen molar-refractivity contribution in [2.75, 3.05) is 42.6 Å². The number of hydrogen-bond acceptors (Lipinski definition) is 5. The molecule has 2 aliphatic heterocycles. The van der Waals surface area contributed by atoms with E-state index >= 15 is 0 Å². The topological polar surface area (TPSA) is 71.7 Å². The lowest BCUT2D eigenvalue weighted by molar-refractivity contribution is 0.0529. The molecule has 1 spiro atoms. The molecule has 0 unspecified atom stereocenters. The minimum atomic E-state index is -0.378. The van der Waals surface area contributed by atoms with E-state index in [4.69, 9.17) is 15.5 Å². The van der Waals surface area contributed by atoms with Gasteiger partial charge in [0.05, 0.1) is 29.7 Å². The van der Waals surface area contributed by atoms with E-state index in [1.165, 1.54) is 25.7 Å². The summed E-state index contributed by atoms with van der Waals surface area (Å²) in [5.41, 5.74) is 9.77. The number of primary amides is 1. The number of benzene rings is 1. The highest BCUT2D eigenvalue weighted by molar-refractivity contribution is 6.02. The summed E-state index contributed by atoms with van der Waals surface area (Å²) in [5.74, 6) is 0.574.